The number of benzene rings is 1. The number of carbonyl (C=O) groups excluding carboxylic acids is 1. The lowest BCUT2D eigenvalue weighted by Crippen LogP contribution is -2.27. The molecule has 24 heavy (non-hydrogen) atoms. The number of amides is 1. The molecule has 0 saturated carbocycles. The Morgan fingerprint density at radius 3 is 2.54 bits per heavy atom. The largest absolute Gasteiger partial charge is 0.435 e. The van der Waals surface area contributed by atoms with Crippen molar-refractivity contribution >= 4 is 17.9 Å². The van der Waals surface area contributed by atoms with Gasteiger partial charge >= 0.3 is 6.61 Å². The Bertz CT molecular complexity index is 664. The van der Waals surface area contributed by atoms with Gasteiger partial charge in [-0.1, -0.05) is 12.1 Å². The number of anilines is 1. The van der Waals surface area contributed by atoms with E-state index in [1.165, 1.54) is 18.2 Å². The lowest BCUT2D eigenvalue weighted by atomic mass is 10.2. The smallest absolute Gasteiger partial charge is 0.387 e. The van der Waals surface area contributed by atoms with Gasteiger partial charge in [0.15, 0.2) is 0 Å². The van der Waals surface area contributed by atoms with Gasteiger partial charge in [0.05, 0.1) is 0 Å². The predicted molar refractivity (Wildman–Crippen MR) is 85.6 cm³/mol. The van der Waals surface area contributed by atoms with E-state index in [0.717, 1.165) is 0 Å². The lowest BCUT2D eigenvalue weighted by Gasteiger charge is -2.05. The van der Waals surface area contributed by atoms with Crippen LogP contribution < -0.4 is 15.4 Å². The molecule has 0 aliphatic carbocycles. The van der Waals surface area contributed by atoms with Crippen molar-refractivity contribution in [2.45, 2.75) is 6.61 Å². The number of carbonyl (C=O) groups is 1. The third-order valence-corrected chi connectivity index (χ3v) is 2.81. The molecule has 0 radical (unpaired) electrons. The summed E-state index contributed by atoms with van der Waals surface area (Å²) in [6.45, 7) is -1.96. The van der Waals surface area contributed by atoms with Crippen molar-refractivity contribution < 1.29 is 18.3 Å². The fourth-order valence-electron chi connectivity index (χ4n) is 1.74. The monoisotopic (exact) mass is 334 g/mol. The van der Waals surface area contributed by atoms with Crippen molar-refractivity contribution in [3.63, 3.8) is 0 Å². The van der Waals surface area contributed by atoms with Gasteiger partial charge in [0.2, 0.25) is 11.9 Å². The number of alkyl halides is 2. The number of aromatic nitrogens is 2. The van der Waals surface area contributed by atoms with Crippen molar-refractivity contribution in [2.75, 3.05) is 18.4 Å². The number of halogens is 2. The number of nitrogens with zero attached hydrogens (tertiary/aromatic N) is 2. The first-order valence-electron chi connectivity index (χ1n) is 7.15. The van der Waals surface area contributed by atoms with Crippen molar-refractivity contribution in [2.24, 2.45) is 0 Å². The maximum Gasteiger partial charge on any atom is 0.387 e. The molecule has 8 heteroatoms. The molecule has 0 saturated heterocycles. The van der Waals surface area contributed by atoms with E-state index in [-0.39, 0.29) is 11.7 Å². The van der Waals surface area contributed by atoms with Crippen molar-refractivity contribution in [3.8, 4) is 5.75 Å². The SMILES string of the molecule is O=C(/C=C/c1ccc(OC(F)F)cc1)NCCNc1ncccn1. The zero-order chi connectivity index (χ0) is 17.2. The molecule has 0 aliphatic heterocycles. The van der Waals surface area contributed by atoms with Crippen LogP contribution in [0.1, 0.15) is 5.56 Å². The molecule has 2 rings (SSSR count). The summed E-state index contributed by atoms with van der Waals surface area (Å²) in [4.78, 5) is 19.6. The summed E-state index contributed by atoms with van der Waals surface area (Å²) >= 11 is 0. The highest BCUT2D eigenvalue weighted by molar-refractivity contribution is 5.91. The molecule has 2 N–H and O–H groups in total. The Morgan fingerprint density at radius 2 is 1.88 bits per heavy atom. The van der Waals surface area contributed by atoms with Gasteiger partial charge in [-0.15, -0.1) is 0 Å². The maximum atomic E-state index is 12.0. The molecular weight excluding hydrogens is 318 g/mol. The quantitative estimate of drug-likeness (QED) is 0.572. The summed E-state index contributed by atoms with van der Waals surface area (Å²) in [5.41, 5.74) is 0.697. The molecule has 0 fully saturated rings. The molecule has 1 amide bonds. The van der Waals surface area contributed by atoms with Crippen LogP contribution in [-0.4, -0.2) is 35.6 Å². The van der Waals surface area contributed by atoms with Crippen molar-refractivity contribution in [1.29, 1.82) is 0 Å². The molecule has 1 heterocycles. The summed E-state index contributed by atoms with van der Waals surface area (Å²) in [5.74, 6) is 0.299. The lowest BCUT2D eigenvalue weighted by molar-refractivity contribution is -0.116. The molecule has 1 aromatic heterocycles. The first-order chi connectivity index (χ1) is 11.6. The molecule has 0 aliphatic rings. The average molecular weight is 334 g/mol. The molecule has 0 spiro atoms. The van der Waals surface area contributed by atoms with Gasteiger partial charge in [-0.3, -0.25) is 4.79 Å². The van der Waals surface area contributed by atoms with Gasteiger partial charge in [-0.2, -0.15) is 8.78 Å². The molecule has 126 valence electrons. The Morgan fingerprint density at radius 1 is 1.17 bits per heavy atom. The van der Waals surface area contributed by atoms with Crippen molar-refractivity contribution in [1.82, 2.24) is 15.3 Å². The third kappa shape index (κ3) is 6.39. The summed E-state index contributed by atoms with van der Waals surface area (Å²) in [5, 5.41) is 5.65. The molecule has 0 atom stereocenters. The van der Waals surface area contributed by atoms with Crippen LogP contribution in [0.25, 0.3) is 6.08 Å². The zero-order valence-electron chi connectivity index (χ0n) is 12.7. The molecule has 0 bridgehead atoms. The number of ether oxygens (including phenoxy) is 1. The van der Waals surface area contributed by atoms with Gasteiger partial charge in [0.25, 0.3) is 0 Å². The van der Waals surface area contributed by atoms with E-state index in [1.807, 2.05) is 0 Å². The molecule has 6 nitrogen and oxygen atoms in total. The number of rotatable bonds is 8. The molecule has 0 unspecified atom stereocenters. The van der Waals surface area contributed by atoms with E-state index >= 15 is 0 Å². The van der Waals surface area contributed by atoms with E-state index in [4.69, 9.17) is 0 Å². The van der Waals surface area contributed by atoms with Gasteiger partial charge in [0, 0.05) is 31.6 Å². The van der Waals surface area contributed by atoms with E-state index < -0.39 is 6.61 Å². The Kier molecular flexibility index (Phi) is 6.63. The van der Waals surface area contributed by atoms with Crippen LogP contribution in [0.3, 0.4) is 0 Å². The fourth-order valence-corrected chi connectivity index (χ4v) is 1.74. The van der Waals surface area contributed by atoms with Crippen LogP contribution in [0.15, 0.2) is 48.8 Å². The standard InChI is InChI=1S/C16H16F2N4O2/c17-15(18)24-13-5-2-12(3-6-13)4-7-14(23)19-10-11-22-16-20-8-1-9-21-16/h1-9,15H,10-11H2,(H,19,23)(H,20,21,22)/b7-4+. The van der Waals surface area contributed by atoms with Gasteiger partial charge in [-0.25, -0.2) is 9.97 Å². The minimum atomic E-state index is -2.85. The highest BCUT2D eigenvalue weighted by Gasteiger charge is 2.03. The van der Waals surface area contributed by atoms with Gasteiger partial charge < -0.3 is 15.4 Å². The average Bonchev–Trinajstić information content (AvgIpc) is 2.58. The van der Waals surface area contributed by atoms with Crippen molar-refractivity contribution in [3.05, 3.63) is 54.4 Å². The van der Waals surface area contributed by atoms with Crippen LogP contribution in [-0.2, 0) is 4.79 Å². The van der Waals surface area contributed by atoms with E-state index in [9.17, 15) is 13.6 Å². The first kappa shape index (κ1) is 17.3. The second-order valence-electron chi connectivity index (χ2n) is 4.57. The van der Waals surface area contributed by atoms with Crippen LogP contribution >= 0.6 is 0 Å². The second-order valence-corrected chi connectivity index (χ2v) is 4.57. The van der Waals surface area contributed by atoms with Crippen LogP contribution in [0.4, 0.5) is 14.7 Å². The second kappa shape index (κ2) is 9.19. The number of hydrogen-bond donors (Lipinski definition) is 2. The summed E-state index contributed by atoms with van der Waals surface area (Å²) < 4.78 is 28.3. The topological polar surface area (TPSA) is 76.1 Å². The summed E-state index contributed by atoms with van der Waals surface area (Å²) in [6.07, 6.45) is 6.18. The van der Waals surface area contributed by atoms with Gasteiger partial charge in [-0.05, 0) is 29.8 Å². The zero-order valence-corrected chi connectivity index (χ0v) is 12.7. The first-order valence-corrected chi connectivity index (χ1v) is 7.15. The highest BCUT2D eigenvalue weighted by Crippen LogP contribution is 2.15. The fraction of sp³-hybridized carbons (Fsp3) is 0.188. The van der Waals surface area contributed by atoms with Crippen LogP contribution in [0.2, 0.25) is 0 Å². The van der Waals surface area contributed by atoms with E-state index in [2.05, 4.69) is 25.3 Å². The highest BCUT2D eigenvalue weighted by atomic mass is 19.3. The third-order valence-electron chi connectivity index (χ3n) is 2.81. The van der Waals surface area contributed by atoms with Crippen LogP contribution in [0, 0.1) is 0 Å². The van der Waals surface area contributed by atoms with Crippen LogP contribution in [0.5, 0.6) is 5.75 Å². The molecular formula is C16H16F2N4O2. The predicted octanol–water partition coefficient (Wildman–Crippen LogP) is 2.32. The molecule has 2 aromatic rings. The Hall–Kier alpha value is -3.03. The minimum absolute atomic E-state index is 0.0702. The number of nitrogens with one attached hydrogen (secondary N) is 2. The summed E-state index contributed by atoms with van der Waals surface area (Å²) in [6, 6.07) is 7.69. The van der Waals surface area contributed by atoms with E-state index in [0.29, 0.717) is 24.6 Å². The summed E-state index contributed by atoms with van der Waals surface area (Å²) in [7, 11) is 0. The normalized spacial score (nSPS) is 10.8. The Balaban J connectivity index is 1.70. The van der Waals surface area contributed by atoms with Gasteiger partial charge in [0.1, 0.15) is 5.75 Å². The molecule has 1 aromatic carbocycles. The van der Waals surface area contributed by atoms with E-state index in [1.54, 1.807) is 36.7 Å². The maximum absolute atomic E-state index is 12.0. The Labute approximate surface area is 137 Å². The number of hydrogen-bond acceptors (Lipinski definition) is 5. The minimum Gasteiger partial charge on any atom is -0.435 e.